The SMILES string of the molecule is CC(C)NC(=O)C(=O)N/N=C\c1cc([N+](=O)[O-])ccc1Cl. The molecule has 0 fully saturated rings. The molecule has 0 aliphatic rings. The molecule has 0 aliphatic carbocycles. The van der Waals surface area contributed by atoms with Crippen molar-refractivity contribution in [1.82, 2.24) is 10.7 Å². The van der Waals surface area contributed by atoms with E-state index in [1.165, 1.54) is 18.2 Å². The highest BCUT2D eigenvalue weighted by Crippen LogP contribution is 2.20. The van der Waals surface area contributed by atoms with E-state index in [2.05, 4.69) is 10.4 Å². The van der Waals surface area contributed by atoms with Crippen molar-refractivity contribution in [2.75, 3.05) is 0 Å². The minimum Gasteiger partial charge on any atom is -0.346 e. The lowest BCUT2D eigenvalue weighted by Gasteiger charge is -2.06. The molecule has 21 heavy (non-hydrogen) atoms. The van der Waals surface area contributed by atoms with Crippen LogP contribution in [0.15, 0.2) is 23.3 Å². The van der Waals surface area contributed by atoms with Crippen LogP contribution in [-0.4, -0.2) is 29.0 Å². The Morgan fingerprint density at radius 3 is 2.62 bits per heavy atom. The molecule has 8 nitrogen and oxygen atoms in total. The van der Waals surface area contributed by atoms with E-state index < -0.39 is 16.7 Å². The van der Waals surface area contributed by atoms with E-state index in [4.69, 9.17) is 11.6 Å². The first-order valence-corrected chi connectivity index (χ1v) is 6.27. The molecule has 0 aromatic heterocycles. The summed E-state index contributed by atoms with van der Waals surface area (Å²) in [6, 6.07) is 3.60. The van der Waals surface area contributed by atoms with E-state index in [0.29, 0.717) is 0 Å². The number of benzene rings is 1. The van der Waals surface area contributed by atoms with Crippen molar-refractivity contribution in [3.63, 3.8) is 0 Å². The molecule has 0 bridgehead atoms. The third kappa shape index (κ3) is 5.19. The lowest BCUT2D eigenvalue weighted by Crippen LogP contribution is -2.41. The molecular formula is C12H13ClN4O4. The number of nitro groups is 1. The summed E-state index contributed by atoms with van der Waals surface area (Å²) in [6.45, 7) is 3.41. The number of amides is 2. The van der Waals surface area contributed by atoms with Crippen LogP contribution in [0, 0.1) is 10.1 Å². The van der Waals surface area contributed by atoms with Gasteiger partial charge in [0.25, 0.3) is 5.69 Å². The van der Waals surface area contributed by atoms with Gasteiger partial charge in [-0.2, -0.15) is 5.10 Å². The number of carbonyl (C=O) groups excluding carboxylic acids is 2. The normalized spacial score (nSPS) is 10.7. The average Bonchev–Trinajstić information content (AvgIpc) is 2.39. The van der Waals surface area contributed by atoms with Crippen LogP contribution >= 0.6 is 11.6 Å². The summed E-state index contributed by atoms with van der Waals surface area (Å²) in [5.41, 5.74) is 2.09. The third-order valence-corrected chi connectivity index (χ3v) is 2.53. The molecule has 0 aliphatic heterocycles. The summed E-state index contributed by atoms with van der Waals surface area (Å²) in [4.78, 5) is 32.7. The molecule has 0 unspecified atom stereocenters. The molecule has 0 atom stereocenters. The number of nitrogens with one attached hydrogen (secondary N) is 2. The maximum Gasteiger partial charge on any atom is 0.329 e. The Morgan fingerprint density at radius 1 is 1.38 bits per heavy atom. The lowest BCUT2D eigenvalue weighted by atomic mass is 10.2. The lowest BCUT2D eigenvalue weighted by molar-refractivity contribution is -0.384. The minimum absolute atomic E-state index is 0.162. The number of hydrogen-bond donors (Lipinski definition) is 2. The van der Waals surface area contributed by atoms with Crippen molar-refractivity contribution in [2.45, 2.75) is 19.9 Å². The Bertz CT molecular complexity index is 601. The largest absolute Gasteiger partial charge is 0.346 e. The van der Waals surface area contributed by atoms with E-state index >= 15 is 0 Å². The molecule has 1 aromatic carbocycles. The van der Waals surface area contributed by atoms with Crippen molar-refractivity contribution < 1.29 is 14.5 Å². The first-order chi connectivity index (χ1) is 9.81. The Kier molecular flexibility index (Phi) is 5.79. The van der Waals surface area contributed by atoms with E-state index in [1.54, 1.807) is 13.8 Å². The second kappa shape index (κ2) is 7.34. The zero-order chi connectivity index (χ0) is 16.0. The monoisotopic (exact) mass is 312 g/mol. The predicted molar refractivity (Wildman–Crippen MR) is 77.1 cm³/mol. The van der Waals surface area contributed by atoms with Gasteiger partial charge < -0.3 is 5.32 Å². The van der Waals surface area contributed by atoms with Crippen molar-refractivity contribution in [2.24, 2.45) is 5.10 Å². The highest BCUT2D eigenvalue weighted by molar-refractivity contribution is 6.35. The molecule has 0 spiro atoms. The number of hydrogen-bond acceptors (Lipinski definition) is 5. The van der Waals surface area contributed by atoms with Crippen molar-refractivity contribution in [3.8, 4) is 0 Å². The predicted octanol–water partition coefficient (Wildman–Crippen LogP) is 1.22. The van der Waals surface area contributed by atoms with Crippen molar-refractivity contribution in [1.29, 1.82) is 0 Å². The Labute approximate surface area is 125 Å². The minimum atomic E-state index is -0.943. The van der Waals surface area contributed by atoms with Gasteiger partial charge in [0, 0.05) is 28.8 Å². The number of non-ortho nitro benzene ring substituents is 1. The number of nitro benzene ring substituents is 1. The van der Waals surface area contributed by atoms with Gasteiger partial charge in [-0.25, -0.2) is 5.43 Å². The summed E-state index contributed by atoms with van der Waals surface area (Å²) >= 11 is 5.84. The topological polar surface area (TPSA) is 114 Å². The van der Waals surface area contributed by atoms with Crippen molar-refractivity contribution in [3.05, 3.63) is 38.9 Å². The zero-order valence-corrected chi connectivity index (χ0v) is 12.0. The quantitative estimate of drug-likeness (QED) is 0.376. The second-order valence-electron chi connectivity index (χ2n) is 4.29. The van der Waals surface area contributed by atoms with Crippen LogP contribution in [0.2, 0.25) is 5.02 Å². The second-order valence-corrected chi connectivity index (χ2v) is 4.70. The van der Waals surface area contributed by atoms with Crippen LogP contribution in [0.5, 0.6) is 0 Å². The van der Waals surface area contributed by atoms with Gasteiger partial charge >= 0.3 is 11.8 Å². The summed E-state index contributed by atoms with van der Waals surface area (Å²) in [7, 11) is 0. The first-order valence-electron chi connectivity index (χ1n) is 5.89. The molecule has 0 heterocycles. The fourth-order valence-electron chi connectivity index (χ4n) is 1.28. The Hall–Kier alpha value is -2.48. The number of hydrazone groups is 1. The summed E-state index contributed by atoms with van der Waals surface area (Å²) < 4.78 is 0. The first kappa shape index (κ1) is 16.6. The molecule has 1 aromatic rings. The van der Waals surface area contributed by atoms with Crippen LogP contribution in [-0.2, 0) is 9.59 Å². The molecule has 1 rings (SSSR count). The van der Waals surface area contributed by atoms with Gasteiger partial charge in [0.2, 0.25) is 0 Å². The van der Waals surface area contributed by atoms with Gasteiger partial charge in [-0.15, -0.1) is 0 Å². The fraction of sp³-hybridized carbons (Fsp3) is 0.250. The molecule has 2 N–H and O–H groups in total. The highest BCUT2D eigenvalue weighted by Gasteiger charge is 2.13. The van der Waals surface area contributed by atoms with Crippen LogP contribution in [0.4, 0.5) is 5.69 Å². The maximum atomic E-state index is 11.4. The third-order valence-electron chi connectivity index (χ3n) is 2.19. The van der Waals surface area contributed by atoms with Crippen LogP contribution in [0.1, 0.15) is 19.4 Å². The Morgan fingerprint density at radius 2 is 2.05 bits per heavy atom. The number of rotatable bonds is 4. The molecule has 0 saturated heterocycles. The van der Waals surface area contributed by atoms with Gasteiger partial charge in [0.05, 0.1) is 11.1 Å². The average molecular weight is 313 g/mol. The number of carbonyl (C=O) groups is 2. The molecule has 112 valence electrons. The number of halogens is 1. The number of nitrogens with zero attached hydrogens (tertiary/aromatic N) is 2. The molecule has 0 saturated carbocycles. The van der Waals surface area contributed by atoms with Crippen LogP contribution in [0.3, 0.4) is 0 Å². The van der Waals surface area contributed by atoms with E-state index in [1.807, 2.05) is 5.43 Å². The zero-order valence-electron chi connectivity index (χ0n) is 11.3. The maximum absolute atomic E-state index is 11.4. The molecule has 2 amide bonds. The van der Waals surface area contributed by atoms with Gasteiger partial charge in [0.1, 0.15) is 0 Å². The van der Waals surface area contributed by atoms with Gasteiger partial charge in [-0.1, -0.05) is 11.6 Å². The molecule has 9 heteroatoms. The van der Waals surface area contributed by atoms with Gasteiger partial charge in [-0.3, -0.25) is 19.7 Å². The summed E-state index contributed by atoms with van der Waals surface area (Å²) in [5, 5.41) is 16.8. The highest BCUT2D eigenvalue weighted by atomic mass is 35.5. The van der Waals surface area contributed by atoms with Crippen LogP contribution < -0.4 is 10.7 Å². The summed E-state index contributed by atoms with van der Waals surface area (Å²) in [6.07, 6.45) is 1.12. The smallest absolute Gasteiger partial charge is 0.329 e. The molecular weight excluding hydrogens is 300 g/mol. The Balaban J connectivity index is 2.73. The molecule has 0 radical (unpaired) electrons. The fourth-order valence-corrected chi connectivity index (χ4v) is 1.45. The van der Waals surface area contributed by atoms with Gasteiger partial charge in [-0.05, 0) is 19.9 Å². The van der Waals surface area contributed by atoms with E-state index in [9.17, 15) is 19.7 Å². The summed E-state index contributed by atoms with van der Waals surface area (Å²) in [5.74, 6) is -1.77. The van der Waals surface area contributed by atoms with Crippen LogP contribution in [0.25, 0.3) is 0 Å². The van der Waals surface area contributed by atoms with E-state index in [-0.39, 0.29) is 22.3 Å². The van der Waals surface area contributed by atoms with Gasteiger partial charge in [0.15, 0.2) is 0 Å². The standard InChI is InChI=1S/C12H13ClN4O4/c1-7(2)15-11(18)12(19)16-14-6-8-5-9(17(20)21)3-4-10(8)13/h3-7H,1-2H3,(H,15,18)(H,16,19)/b14-6-. The van der Waals surface area contributed by atoms with E-state index in [0.717, 1.165) is 6.21 Å². The van der Waals surface area contributed by atoms with Crippen molar-refractivity contribution >= 4 is 35.3 Å².